The van der Waals surface area contributed by atoms with Crippen LogP contribution in [0.5, 0.6) is 5.75 Å². The molecule has 1 atom stereocenters. The Morgan fingerprint density at radius 1 is 1.00 bits per heavy atom. The fourth-order valence-corrected chi connectivity index (χ4v) is 4.26. The molecule has 1 amide bonds. The normalized spacial score (nSPS) is 17.2. The van der Waals surface area contributed by atoms with Crippen LogP contribution >= 0.6 is 11.6 Å². The van der Waals surface area contributed by atoms with Crippen LogP contribution in [0.3, 0.4) is 0 Å². The lowest BCUT2D eigenvalue weighted by molar-refractivity contribution is -0.132. The van der Waals surface area contributed by atoms with Crippen molar-refractivity contribution in [3.8, 4) is 5.75 Å². The quantitative estimate of drug-likeness (QED) is 0.305. The number of ketones is 1. The van der Waals surface area contributed by atoms with Gasteiger partial charge in [-0.1, -0.05) is 41.4 Å². The van der Waals surface area contributed by atoms with Gasteiger partial charge in [0.1, 0.15) is 11.5 Å². The number of amides is 1. The van der Waals surface area contributed by atoms with Crippen LogP contribution in [0.25, 0.3) is 5.76 Å². The molecule has 0 aromatic heterocycles. The van der Waals surface area contributed by atoms with Gasteiger partial charge in [-0.05, 0) is 55.0 Å². The lowest BCUT2D eigenvalue weighted by Gasteiger charge is -2.26. The largest absolute Gasteiger partial charge is 0.507 e. The van der Waals surface area contributed by atoms with E-state index in [1.807, 2.05) is 62.3 Å². The highest BCUT2D eigenvalue weighted by Gasteiger charge is 2.47. The number of carbonyl (C=O) groups excluding carboxylic acids is 2. The second-order valence-corrected chi connectivity index (χ2v) is 8.77. The van der Waals surface area contributed by atoms with Gasteiger partial charge < -0.3 is 14.7 Å². The summed E-state index contributed by atoms with van der Waals surface area (Å²) >= 11 is 6.17. The van der Waals surface area contributed by atoms with Crippen LogP contribution in [-0.4, -0.2) is 38.0 Å². The Morgan fingerprint density at radius 2 is 1.65 bits per heavy atom. The van der Waals surface area contributed by atoms with Crippen LogP contribution < -0.4 is 14.5 Å². The average Bonchev–Trinajstić information content (AvgIpc) is 3.09. The number of aryl methyl sites for hydroxylation is 1. The molecule has 1 fully saturated rings. The summed E-state index contributed by atoms with van der Waals surface area (Å²) in [5, 5.41) is 11.7. The molecule has 4 rings (SSSR count). The minimum Gasteiger partial charge on any atom is -0.507 e. The van der Waals surface area contributed by atoms with Crippen molar-refractivity contribution in [2.24, 2.45) is 0 Å². The van der Waals surface area contributed by atoms with E-state index in [1.54, 1.807) is 24.3 Å². The number of nitrogens with zero attached hydrogens (tertiary/aromatic N) is 2. The molecule has 1 saturated heterocycles. The number of Topliss-reactive ketones (excluding diaryl/α,β-unsaturated/α-hetero) is 1. The van der Waals surface area contributed by atoms with Gasteiger partial charge in [-0.2, -0.15) is 0 Å². The van der Waals surface area contributed by atoms with Crippen molar-refractivity contribution < 1.29 is 19.4 Å². The SMILES string of the molecule is COc1ccc(Cl)cc1/C(O)=C1\C(=O)C(=O)N(c2ccc(C)cc2)C1c1ccc(N(C)C)cc1. The van der Waals surface area contributed by atoms with Crippen LogP contribution in [0, 0.1) is 6.92 Å². The summed E-state index contributed by atoms with van der Waals surface area (Å²) in [6, 6.07) is 18.8. The van der Waals surface area contributed by atoms with Gasteiger partial charge in [0.25, 0.3) is 11.7 Å². The van der Waals surface area contributed by atoms with Crippen molar-refractivity contribution in [2.45, 2.75) is 13.0 Å². The molecule has 0 spiro atoms. The summed E-state index contributed by atoms with van der Waals surface area (Å²) < 4.78 is 5.38. The van der Waals surface area contributed by atoms with Crippen LogP contribution in [0.2, 0.25) is 5.02 Å². The average molecular weight is 477 g/mol. The number of methoxy groups -OCH3 is 1. The molecular formula is C27H25ClN2O4. The van der Waals surface area contributed by atoms with Crippen molar-refractivity contribution in [3.63, 3.8) is 0 Å². The molecular weight excluding hydrogens is 452 g/mol. The predicted octanol–water partition coefficient (Wildman–Crippen LogP) is 5.35. The zero-order valence-corrected chi connectivity index (χ0v) is 20.1. The summed E-state index contributed by atoms with van der Waals surface area (Å²) in [4.78, 5) is 30.0. The number of rotatable bonds is 5. The van der Waals surface area contributed by atoms with Crippen molar-refractivity contribution in [1.82, 2.24) is 0 Å². The summed E-state index contributed by atoms with van der Waals surface area (Å²) in [5.74, 6) is -1.49. The van der Waals surface area contributed by atoms with Gasteiger partial charge in [-0.3, -0.25) is 14.5 Å². The van der Waals surface area contributed by atoms with E-state index in [0.29, 0.717) is 22.0 Å². The van der Waals surface area contributed by atoms with E-state index >= 15 is 0 Å². The van der Waals surface area contributed by atoms with Crippen LogP contribution in [0.1, 0.15) is 22.7 Å². The molecule has 0 saturated carbocycles. The molecule has 1 unspecified atom stereocenters. The maximum Gasteiger partial charge on any atom is 0.300 e. The molecule has 1 aliphatic rings. The lowest BCUT2D eigenvalue weighted by atomic mass is 9.94. The number of hydrogen-bond acceptors (Lipinski definition) is 5. The minimum absolute atomic E-state index is 0.0243. The molecule has 0 aliphatic carbocycles. The summed E-state index contributed by atoms with van der Waals surface area (Å²) in [6.07, 6.45) is 0. The number of hydrogen-bond donors (Lipinski definition) is 1. The van der Waals surface area contributed by atoms with E-state index in [4.69, 9.17) is 16.3 Å². The van der Waals surface area contributed by atoms with Gasteiger partial charge in [0.15, 0.2) is 0 Å². The standard InChI is InChI=1S/C27H25ClN2O4/c1-16-5-10-20(11-6-16)30-24(17-7-12-19(13-8-17)29(2)3)23(26(32)27(30)33)25(31)21-15-18(28)9-14-22(21)34-4/h5-15,24,31H,1-4H3/b25-23+. The Morgan fingerprint density at radius 3 is 2.24 bits per heavy atom. The summed E-state index contributed by atoms with van der Waals surface area (Å²) in [6.45, 7) is 1.95. The Hall–Kier alpha value is -3.77. The molecule has 0 radical (unpaired) electrons. The summed E-state index contributed by atoms with van der Waals surface area (Å²) in [5.41, 5.74) is 3.46. The number of benzene rings is 3. The number of anilines is 2. The highest BCUT2D eigenvalue weighted by Crippen LogP contribution is 2.43. The fraction of sp³-hybridized carbons (Fsp3) is 0.185. The van der Waals surface area contributed by atoms with Gasteiger partial charge in [-0.25, -0.2) is 0 Å². The molecule has 6 nitrogen and oxygen atoms in total. The third-order valence-corrected chi connectivity index (χ3v) is 6.13. The molecule has 1 heterocycles. The number of ether oxygens (including phenoxy) is 1. The Balaban J connectivity index is 1.96. The lowest BCUT2D eigenvalue weighted by Crippen LogP contribution is -2.29. The van der Waals surface area contributed by atoms with Gasteiger partial charge in [0.05, 0.1) is 24.3 Å². The molecule has 1 aliphatic heterocycles. The van der Waals surface area contributed by atoms with Crippen molar-refractivity contribution in [3.05, 3.63) is 94.0 Å². The monoisotopic (exact) mass is 476 g/mol. The van der Waals surface area contributed by atoms with E-state index in [2.05, 4.69) is 0 Å². The fourth-order valence-electron chi connectivity index (χ4n) is 4.08. The van der Waals surface area contributed by atoms with Gasteiger partial charge in [-0.15, -0.1) is 0 Å². The number of aliphatic hydroxyl groups is 1. The number of aliphatic hydroxyl groups excluding tert-OH is 1. The molecule has 1 N–H and O–H groups in total. The molecule has 34 heavy (non-hydrogen) atoms. The maximum absolute atomic E-state index is 13.3. The van der Waals surface area contributed by atoms with E-state index in [1.165, 1.54) is 18.1 Å². The van der Waals surface area contributed by atoms with Crippen LogP contribution in [0.4, 0.5) is 11.4 Å². The van der Waals surface area contributed by atoms with E-state index < -0.39 is 17.7 Å². The molecule has 0 bridgehead atoms. The highest BCUT2D eigenvalue weighted by molar-refractivity contribution is 6.51. The first-order valence-electron chi connectivity index (χ1n) is 10.7. The van der Waals surface area contributed by atoms with Gasteiger partial charge >= 0.3 is 0 Å². The number of halogens is 1. The maximum atomic E-state index is 13.3. The number of carbonyl (C=O) groups is 2. The Labute approximate surface area is 203 Å². The minimum atomic E-state index is -0.831. The van der Waals surface area contributed by atoms with Crippen molar-refractivity contribution >= 4 is 40.4 Å². The van der Waals surface area contributed by atoms with Gasteiger partial charge in [0, 0.05) is 30.5 Å². The first-order chi connectivity index (χ1) is 16.2. The van der Waals surface area contributed by atoms with E-state index in [0.717, 1.165) is 11.3 Å². The third kappa shape index (κ3) is 4.13. The highest BCUT2D eigenvalue weighted by atomic mass is 35.5. The van der Waals surface area contributed by atoms with E-state index in [9.17, 15) is 14.7 Å². The Kier molecular flexibility index (Phi) is 6.35. The second kappa shape index (κ2) is 9.23. The molecule has 174 valence electrons. The first-order valence-corrected chi connectivity index (χ1v) is 11.1. The molecule has 3 aromatic rings. The second-order valence-electron chi connectivity index (χ2n) is 8.34. The van der Waals surface area contributed by atoms with E-state index in [-0.39, 0.29) is 16.9 Å². The third-order valence-electron chi connectivity index (χ3n) is 5.90. The Bertz CT molecular complexity index is 1280. The predicted molar refractivity (Wildman–Crippen MR) is 135 cm³/mol. The molecule has 3 aromatic carbocycles. The summed E-state index contributed by atoms with van der Waals surface area (Å²) in [7, 11) is 5.32. The van der Waals surface area contributed by atoms with Crippen molar-refractivity contribution in [1.29, 1.82) is 0 Å². The molecule has 7 heteroatoms. The van der Waals surface area contributed by atoms with Crippen LogP contribution in [-0.2, 0) is 9.59 Å². The zero-order valence-electron chi connectivity index (χ0n) is 19.4. The first kappa shape index (κ1) is 23.4. The van der Waals surface area contributed by atoms with Gasteiger partial charge in [0.2, 0.25) is 0 Å². The van der Waals surface area contributed by atoms with Crippen LogP contribution in [0.15, 0.2) is 72.3 Å². The topological polar surface area (TPSA) is 70.1 Å². The van der Waals surface area contributed by atoms with Crippen molar-refractivity contribution in [2.75, 3.05) is 31.0 Å². The zero-order chi connectivity index (χ0) is 24.6. The smallest absolute Gasteiger partial charge is 0.300 e.